The summed E-state index contributed by atoms with van der Waals surface area (Å²) in [5, 5.41) is 12.1. The maximum atomic E-state index is 14.1. The molecule has 4 rings (SSSR count). The van der Waals surface area contributed by atoms with Gasteiger partial charge in [0.1, 0.15) is 5.67 Å². The molecule has 1 N–H and O–H groups in total. The van der Waals surface area contributed by atoms with Gasteiger partial charge in [0.05, 0.1) is 22.7 Å². The number of hydrogen-bond acceptors (Lipinski definition) is 3. The quantitative estimate of drug-likeness (QED) is 0.641. The van der Waals surface area contributed by atoms with Crippen molar-refractivity contribution in [2.24, 2.45) is 5.92 Å². The smallest absolute Gasteiger partial charge is 0.165 e. The Labute approximate surface area is 176 Å². The Balaban J connectivity index is 1.52. The number of aliphatic hydroxyl groups is 1. The fourth-order valence-corrected chi connectivity index (χ4v) is 4.92. The number of ether oxygens (including phenoxy) is 1. The summed E-state index contributed by atoms with van der Waals surface area (Å²) in [7, 11) is 0. The Hall–Kier alpha value is -1.43. The highest BCUT2D eigenvalue weighted by atomic mass is 35.5. The van der Waals surface area contributed by atoms with E-state index in [1.54, 1.807) is 13.0 Å². The van der Waals surface area contributed by atoms with Crippen LogP contribution in [0.15, 0.2) is 24.4 Å². The summed E-state index contributed by atoms with van der Waals surface area (Å²) < 4.78 is 21.7. The van der Waals surface area contributed by atoms with Gasteiger partial charge in [0.25, 0.3) is 0 Å². The third kappa shape index (κ3) is 4.52. The van der Waals surface area contributed by atoms with Gasteiger partial charge < -0.3 is 14.4 Å². The number of benzene rings is 1. The van der Waals surface area contributed by atoms with Crippen molar-refractivity contribution in [1.82, 2.24) is 4.57 Å². The van der Waals surface area contributed by atoms with E-state index < -0.39 is 11.3 Å². The molecule has 1 saturated heterocycles. The van der Waals surface area contributed by atoms with Gasteiger partial charge in [-0.3, -0.25) is 4.79 Å². The van der Waals surface area contributed by atoms with E-state index in [4.69, 9.17) is 16.3 Å². The number of Topliss-reactive ketones (excluding diaryl/α,β-unsaturated/α-hetero) is 1. The van der Waals surface area contributed by atoms with E-state index in [1.165, 1.54) is 0 Å². The molecule has 0 spiro atoms. The number of hydrogen-bond donors (Lipinski definition) is 1. The lowest BCUT2D eigenvalue weighted by Crippen LogP contribution is -2.39. The van der Waals surface area contributed by atoms with Crippen molar-refractivity contribution >= 4 is 28.3 Å². The fourth-order valence-electron chi connectivity index (χ4n) is 4.64. The molecular formula is C23H29ClFNO3. The van der Waals surface area contributed by atoms with Crippen LogP contribution in [-0.4, -0.2) is 39.9 Å². The minimum Gasteiger partial charge on any atom is -0.390 e. The molecule has 2 aliphatic rings. The van der Waals surface area contributed by atoms with Crippen LogP contribution in [0.5, 0.6) is 0 Å². The molecule has 6 heteroatoms. The second-order valence-corrected chi connectivity index (χ2v) is 9.53. The molecule has 29 heavy (non-hydrogen) atoms. The zero-order valence-electron chi connectivity index (χ0n) is 16.9. The average Bonchev–Trinajstić information content (AvgIpc) is 3.32. The molecule has 1 unspecified atom stereocenters. The van der Waals surface area contributed by atoms with Crippen molar-refractivity contribution in [3.8, 4) is 0 Å². The summed E-state index contributed by atoms with van der Waals surface area (Å²) in [6, 6.07) is 5.70. The number of ketones is 1. The van der Waals surface area contributed by atoms with E-state index in [1.807, 2.05) is 18.3 Å². The van der Waals surface area contributed by atoms with Crippen molar-refractivity contribution in [3.63, 3.8) is 0 Å². The zero-order valence-corrected chi connectivity index (χ0v) is 17.7. The SMILES string of the molecule is CC1(F)CCC(O)(CCC(=O)c2cn(CC3CCOC3)c3cccc(Cl)c23)CC1. The van der Waals surface area contributed by atoms with Gasteiger partial charge in [-0.05, 0) is 57.6 Å². The molecule has 4 nitrogen and oxygen atoms in total. The van der Waals surface area contributed by atoms with Crippen molar-refractivity contribution in [2.45, 2.75) is 69.7 Å². The summed E-state index contributed by atoms with van der Waals surface area (Å²) in [6.45, 7) is 3.91. The van der Waals surface area contributed by atoms with Crippen molar-refractivity contribution in [3.05, 3.63) is 35.0 Å². The zero-order chi connectivity index (χ0) is 20.6. The molecule has 0 bridgehead atoms. The van der Waals surface area contributed by atoms with Gasteiger partial charge in [-0.25, -0.2) is 4.39 Å². The highest BCUT2D eigenvalue weighted by molar-refractivity contribution is 6.37. The first-order valence-corrected chi connectivity index (χ1v) is 10.9. The largest absolute Gasteiger partial charge is 0.390 e. The Kier molecular flexibility index (Phi) is 5.75. The number of carbonyl (C=O) groups excluding carboxylic acids is 1. The monoisotopic (exact) mass is 421 g/mol. The molecule has 1 aliphatic heterocycles. The van der Waals surface area contributed by atoms with E-state index in [-0.39, 0.29) is 12.2 Å². The van der Waals surface area contributed by atoms with Crippen molar-refractivity contribution < 1.29 is 19.0 Å². The van der Waals surface area contributed by atoms with E-state index in [9.17, 15) is 14.3 Å². The van der Waals surface area contributed by atoms with Gasteiger partial charge in [-0.15, -0.1) is 0 Å². The number of rotatable bonds is 6. The maximum Gasteiger partial charge on any atom is 0.165 e. The van der Waals surface area contributed by atoms with Gasteiger partial charge in [0.2, 0.25) is 0 Å². The van der Waals surface area contributed by atoms with Crippen molar-refractivity contribution in [1.29, 1.82) is 0 Å². The van der Waals surface area contributed by atoms with E-state index in [0.717, 1.165) is 37.1 Å². The van der Waals surface area contributed by atoms with Crippen LogP contribution in [0.3, 0.4) is 0 Å². The van der Waals surface area contributed by atoms with E-state index in [2.05, 4.69) is 4.57 Å². The summed E-state index contributed by atoms with van der Waals surface area (Å²) in [4.78, 5) is 13.1. The topological polar surface area (TPSA) is 51.5 Å². The second kappa shape index (κ2) is 8.01. The second-order valence-electron chi connectivity index (χ2n) is 9.12. The number of aromatic nitrogens is 1. The minimum absolute atomic E-state index is 0.0217. The van der Waals surface area contributed by atoms with Crippen LogP contribution in [0.25, 0.3) is 10.9 Å². The molecule has 0 amide bonds. The minimum atomic E-state index is -1.21. The Morgan fingerprint density at radius 3 is 2.79 bits per heavy atom. The molecule has 1 aromatic heterocycles. The molecule has 2 heterocycles. The molecule has 1 saturated carbocycles. The van der Waals surface area contributed by atoms with E-state index >= 15 is 0 Å². The number of carbonyl (C=O) groups is 1. The third-order valence-electron chi connectivity index (χ3n) is 6.68. The number of halogens is 2. The first kappa shape index (κ1) is 20.8. The third-order valence-corrected chi connectivity index (χ3v) is 6.99. The van der Waals surface area contributed by atoms with Crippen LogP contribution in [0.1, 0.15) is 62.2 Å². The fraction of sp³-hybridized carbons (Fsp3) is 0.609. The molecule has 1 aliphatic carbocycles. The molecule has 1 atom stereocenters. The van der Waals surface area contributed by atoms with Gasteiger partial charge in [-0.2, -0.15) is 0 Å². The standard InChI is InChI=1S/C23H29ClFNO3/c1-22(25)8-10-23(28,11-9-22)7-5-20(27)17-14-26(13-16-6-12-29-15-16)19-4-2-3-18(24)21(17)19/h2-4,14,16,28H,5-13,15H2,1H3. The van der Waals surface area contributed by atoms with Gasteiger partial charge in [-0.1, -0.05) is 17.7 Å². The molecular weight excluding hydrogens is 393 g/mol. The van der Waals surface area contributed by atoms with Crippen LogP contribution in [0.2, 0.25) is 5.02 Å². The van der Waals surface area contributed by atoms with Crippen molar-refractivity contribution in [2.75, 3.05) is 13.2 Å². The van der Waals surface area contributed by atoms with Gasteiger partial charge >= 0.3 is 0 Å². The summed E-state index contributed by atoms with van der Waals surface area (Å²) in [6.07, 6.45) is 4.99. The average molecular weight is 422 g/mol. The number of fused-ring (bicyclic) bond motifs is 1. The Morgan fingerprint density at radius 1 is 1.34 bits per heavy atom. The van der Waals surface area contributed by atoms with Gasteiger partial charge in [0.15, 0.2) is 5.78 Å². The Bertz CT molecular complexity index is 891. The predicted octanol–water partition coefficient (Wildman–Crippen LogP) is 5.33. The molecule has 0 radical (unpaired) electrons. The Morgan fingerprint density at radius 2 is 2.10 bits per heavy atom. The lowest BCUT2D eigenvalue weighted by Gasteiger charge is -2.37. The highest BCUT2D eigenvalue weighted by Gasteiger charge is 2.39. The molecule has 2 fully saturated rings. The predicted molar refractivity (Wildman–Crippen MR) is 112 cm³/mol. The summed E-state index contributed by atoms with van der Waals surface area (Å²) in [5.41, 5.74) is -0.595. The summed E-state index contributed by atoms with van der Waals surface area (Å²) in [5.74, 6) is 0.414. The first-order chi connectivity index (χ1) is 13.8. The molecule has 158 valence electrons. The van der Waals surface area contributed by atoms with Crippen LogP contribution in [0, 0.1) is 5.92 Å². The van der Waals surface area contributed by atoms with E-state index in [0.29, 0.717) is 48.6 Å². The van der Waals surface area contributed by atoms with Crippen LogP contribution >= 0.6 is 11.6 Å². The number of nitrogens with zero attached hydrogens (tertiary/aromatic N) is 1. The van der Waals surface area contributed by atoms with Crippen LogP contribution in [0.4, 0.5) is 4.39 Å². The number of alkyl halides is 1. The molecule has 2 aromatic rings. The van der Waals surface area contributed by atoms with Crippen LogP contribution in [-0.2, 0) is 11.3 Å². The van der Waals surface area contributed by atoms with Crippen LogP contribution < -0.4 is 0 Å². The lowest BCUT2D eigenvalue weighted by atomic mass is 9.75. The lowest BCUT2D eigenvalue weighted by molar-refractivity contribution is -0.0453. The summed E-state index contributed by atoms with van der Waals surface area (Å²) >= 11 is 6.46. The molecule has 1 aromatic carbocycles. The normalized spacial score (nSPS) is 30.1. The first-order valence-electron chi connectivity index (χ1n) is 10.6. The van der Waals surface area contributed by atoms with Gasteiger partial charge in [0, 0.05) is 42.6 Å². The highest BCUT2D eigenvalue weighted by Crippen LogP contribution is 2.40. The maximum absolute atomic E-state index is 14.1.